The van der Waals surface area contributed by atoms with Gasteiger partial charge in [0.25, 0.3) is 0 Å². The van der Waals surface area contributed by atoms with E-state index < -0.39 is 0 Å². The van der Waals surface area contributed by atoms with Crippen molar-refractivity contribution in [2.45, 2.75) is 20.0 Å². The van der Waals surface area contributed by atoms with Crippen LogP contribution in [0.3, 0.4) is 0 Å². The van der Waals surface area contributed by atoms with Gasteiger partial charge < -0.3 is 15.0 Å². The number of hydrogen-bond acceptors (Lipinski definition) is 5. The van der Waals surface area contributed by atoms with E-state index in [-0.39, 0.29) is 5.82 Å². The highest BCUT2D eigenvalue weighted by atomic mass is 32.1. The third kappa shape index (κ3) is 5.50. The van der Waals surface area contributed by atoms with Crippen LogP contribution in [0, 0.1) is 12.7 Å². The summed E-state index contributed by atoms with van der Waals surface area (Å²) in [7, 11) is 3.72. The molecule has 6 nitrogen and oxygen atoms in total. The number of aryl methyl sites for hydroxylation is 1. The minimum atomic E-state index is -0.304. The van der Waals surface area contributed by atoms with Crippen LogP contribution in [-0.2, 0) is 13.1 Å². The molecule has 0 aliphatic heterocycles. The largest absolute Gasteiger partial charge is 0.439 e. The Morgan fingerprint density at radius 3 is 2.75 bits per heavy atom. The van der Waals surface area contributed by atoms with Crippen molar-refractivity contribution in [3.8, 4) is 11.6 Å². The van der Waals surface area contributed by atoms with E-state index in [1.807, 2.05) is 31.0 Å². The lowest BCUT2D eigenvalue weighted by Gasteiger charge is -2.21. The zero-order valence-electron chi connectivity index (χ0n) is 16.0. The fourth-order valence-electron chi connectivity index (χ4n) is 2.60. The van der Waals surface area contributed by atoms with Gasteiger partial charge in [-0.05, 0) is 42.8 Å². The highest BCUT2D eigenvalue weighted by molar-refractivity contribution is 7.09. The zero-order chi connectivity index (χ0) is 19.9. The van der Waals surface area contributed by atoms with Crippen LogP contribution in [0.25, 0.3) is 0 Å². The molecule has 0 bridgehead atoms. The molecule has 1 aromatic carbocycles. The fraction of sp³-hybridized carbons (Fsp3) is 0.250. The summed E-state index contributed by atoms with van der Waals surface area (Å²) >= 11 is 1.64. The molecule has 28 heavy (non-hydrogen) atoms. The van der Waals surface area contributed by atoms with Crippen LogP contribution in [-0.4, -0.2) is 34.9 Å². The molecule has 146 valence electrons. The maximum atomic E-state index is 13.0. The van der Waals surface area contributed by atoms with Gasteiger partial charge in [0.05, 0.1) is 17.2 Å². The number of benzene rings is 1. The van der Waals surface area contributed by atoms with Crippen molar-refractivity contribution in [1.82, 2.24) is 20.2 Å². The van der Waals surface area contributed by atoms with Gasteiger partial charge in [0.1, 0.15) is 11.6 Å². The molecule has 0 radical (unpaired) electrons. The van der Waals surface area contributed by atoms with E-state index in [0.717, 1.165) is 22.2 Å². The number of guanidine groups is 1. The molecule has 0 fully saturated rings. The number of hydrogen-bond donors (Lipinski definition) is 1. The van der Waals surface area contributed by atoms with Crippen molar-refractivity contribution >= 4 is 17.3 Å². The number of ether oxygens (including phenoxy) is 1. The highest BCUT2D eigenvalue weighted by Crippen LogP contribution is 2.20. The number of thiazole rings is 1. The van der Waals surface area contributed by atoms with Crippen LogP contribution >= 0.6 is 11.3 Å². The third-order valence-electron chi connectivity index (χ3n) is 3.93. The summed E-state index contributed by atoms with van der Waals surface area (Å²) in [5, 5.41) is 6.44. The number of nitrogens with one attached hydrogen (secondary N) is 1. The van der Waals surface area contributed by atoms with Crippen LogP contribution in [0.15, 0.2) is 53.0 Å². The molecule has 8 heteroatoms. The number of aromatic nitrogens is 2. The molecule has 1 N–H and O–H groups in total. The van der Waals surface area contributed by atoms with Crippen molar-refractivity contribution < 1.29 is 9.13 Å². The number of nitrogens with zero attached hydrogens (tertiary/aromatic N) is 4. The molecule has 0 spiro atoms. The Morgan fingerprint density at radius 1 is 1.29 bits per heavy atom. The second kappa shape index (κ2) is 9.27. The van der Waals surface area contributed by atoms with Crippen LogP contribution in [0.2, 0.25) is 0 Å². The Kier molecular flexibility index (Phi) is 6.54. The van der Waals surface area contributed by atoms with Gasteiger partial charge in [-0.25, -0.2) is 14.4 Å². The molecule has 3 aromatic rings. The lowest BCUT2D eigenvalue weighted by molar-refractivity contribution is 0.459. The molecular formula is C20H22FN5OS. The maximum absolute atomic E-state index is 13.0. The second-order valence-electron chi connectivity index (χ2n) is 6.17. The first-order valence-electron chi connectivity index (χ1n) is 8.74. The Hall–Kier alpha value is -3.00. The second-order valence-corrected chi connectivity index (χ2v) is 7.24. The summed E-state index contributed by atoms with van der Waals surface area (Å²) in [6.45, 7) is 3.24. The van der Waals surface area contributed by atoms with Crippen molar-refractivity contribution in [2.24, 2.45) is 4.99 Å². The van der Waals surface area contributed by atoms with Gasteiger partial charge in [-0.2, -0.15) is 0 Å². The maximum Gasteiger partial charge on any atom is 0.219 e. The number of rotatable bonds is 6. The average Bonchev–Trinajstić information content (AvgIpc) is 3.09. The molecule has 0 aliphatic rings. The monoisotopic (exact) mass is 399 g/mol. The first-order chi connectivity index (χ1) is 13.5. The highest BCUT2D eigenvalue weighted by Gasteiger charge is 2.09. The molecule has 0 unspecified atom stereocenters. The van der Waals surface area contributed by atoms with Gasteiger partial charge in [-0.15, -0.1) is 11.3 Å². The predicted molar refractivity (Wildman–Crippen MR) is 109 cm³/mol. The third-order valence-corrected chi connectivity index (χ3v) is 4.75. The Bertz CT molecular complexity index is 942. The molecular weight excluding hydrogens is 377 g/mol. The van der Waals surface area contributed by atoms with E-state index in [1.54, 1.807) is 36.7 Å². The Balaban J connectivity index is 1.59. The normalized spacial score (nSPS) is 11.4. The summed E-state index contributed by atoms with van der Waals surface area (Å²) < 4.78 is 18.7. The van der Waals surface area contributed by atoms with E-state index in [1.165, 1.54) is 12.1 Å². The van der Waals surface area contributed by atoms with Crippen LogP contribution in [0.1, 0.15) is 16.3 Å². The first kappa shape index (κ1) is 19.8. The molecule has 0 amide bonds. The lowest BCUT2D eigenvalue weighted by atomic mass is 10.2. The topological polar surface area (TPSA) is 62.6 Å². The summed E-state index contributed by atoms with van der Waals surface area (Å²) in [4.78, 5) is 15.0. The van der Waals surface area contributed by atoms with E-state index in [2.05, 4.69) is 25.7 Å². The van der Waals surface area contributed by atoms with Crippen molar-refractivity contribution in [1.29, 1.82) is 0 Å². The Labute approximate surface area is 167 Å². The molecule has 0 saturated carbocycles. The van der Waals surface area contributed by atoms with E-state index >= 15 is 0 Å². The average molecular weight is 399 g/mol. The molecule has 0 aliphatic carbocycles. The van der Waals surface area contributed by atoms with Crippen molar-refractivity contribution in [3.05, 3.63) is 70.1 Å². The minimum absolute atomic E-state index is 0.304. The van der Waals surface area contributed by atoms with Crippen LogP contribution < -0.4 is 10.1 Å². The van der Waals surface area contributed by atoms with E-state index in [4.69, 9.17) is 4.74 Å². The first-order valence-corrected chi connectivity index (χ1v) is 9.62. The standard InChI is InChI=1S/C20H22FN5OS/c1-14-25-17(13-28-14)12-26(3)20(22-2)24-11-15-8-9-23-19(10-15)27-18-6-4-16(21)5-7-18/h4-10,13H,11-12H2,1-3H3,(H,22,24). The molecule has 0 atom stereocenters. The summed E-state index contributed by atoms with van der Waals surface area (Å²) in [5.74, 6) is 1.45. The van der Waals surface area contributed by atoms with Gasteiger partial charge in [0.15, 0.2) is 5.96 Å². The number of pyridine rings is 1. The summed E-state index contributed by atoms with van der Waals surface area (Å²) in [6, 6.07) is 9.58. The molecule has 2 heterocycles. The van der Waals surface area contributed by atoms with Crippen molar-refractivity contribution in [2.75, 3.05) is 14.1 Å². The fourth-order valence-corrected chi connectivity index (χ4v) is 3.21. The zero-order valence-corrected chi connectivity index (χ0v) is 16.8. The van der Waals surface area contributed by atoms with Gasteiger partial charge >= 0.3 is 0 Å². The van der Waals surface area contributed by atoms with Gasteiger partial charge in [0, 0.05) is 38.3 Å². The molecule has 2 aromatic heterocycles. The molecule has 3 rings (SSSR count). The summed E-state index contributed by atoms with van der Waals surface area (Å²) in [6.07, 6.45) is 1.68. The summed E-state index contributed by atoms with van der Waals surface area (Å²) in [5.41, 5.74) is 2.01. The van der Waals surface area contributed by atoms with E-state index in [0.29, 0.717) is 24.7 Å². The van der Waals surface area contributed by atoms with Crippen molar-refractivity contribution in [3.63, 3.8) is 0 Å². The molecule has 0 saturated heterocycles. The Morgan fingerprint density at radius 2 is 2.07 bits per heavy atom. The SMILES string of the molecule is CN=C(NCc1ccnc(Oc2ccc(F)cc2)c1)N(C)Cc1csc(C)n1. The predicted octanol–water partition coefficient (Wildman–Crippen LogP) is 3.99. The van der Waals surface area contributed by atoms with Gasteiger partial charge in [-0.1, -0.05) is 0 Å². The van der Waals surface area contributed by atoms with Crippen LogP contribution in [0.5, 0.6) is 11.6 Å². The smallest absolute Gasteiger partial charge is 0.219 e. The van der Waals surface area contributed by atoms with Gasteiger partial charge in [0.2, 0.25) is 5.88 Å². The number of aliphatic imine (C=N–C) groups is 1. The van der Waals surface area contributed by atoms with Crippen LogP contribution in [0.4, 0.5) is 4.39 Å². The quantitative estimate of drug-likeness (QED) is 0.502. The lowest BCUT2D eigenvalue weighted by Crippen LogP contribution is -2.38. The van der Waals surface area contributed by atoms with Gasteiger partial charge in [-0.3, -0.25) is 4.99 Å². The van der Waals surface area contributed by atoms with E-state index in [9.17, 15) is 4.39 Å². The minimum Gasteiger partial charge on any atom is -0.439 e. The number of halogens is 1.